The van der Waals surface area contributed by atoms with E-state index in [0.717, 1.165) is 16.1 Å². The zero-order valence-corrected chi connectivity index (χ0v) is 11.3. The van der Waals surface area contributed by atoms with Crippen LogP contribution in [0.1, 0.15) is 0 Å². The van der Waals surface area contributed by atoms with Crippen LogP contribution in [0.5, 0.6) is 0 Å². The summed E-state index contributed by atoms with van der Waals surface area (Å²) >= 11 is 1.01. The number of nitro groups is 1. The van der Waals surface area contributed by atoms with Crippen molar-refractivity contribution in [2.45, 2.75) is 4.90 Å². The number of rotatable bonds is 3. The van der Waals surface area contributed by atoms with E-state index < -0.39 is 14.9 Å². The molecule has 100 valence electrons. The van der Waals surface area contributed by atoms with Gasteiger partial charge < -0.3 is 0 Å². The number of nitrogens with zero attached hydrogens (tertiary/aromatic N) is 2. The van der Waals surface area contributed by atoms with Crippen molar-refractivity contribution in [1.29, 1.82) is 0 Å². The number of hydrogen-bond acceptors (Lipinski definition) is 5. The largest absolute Gasteiger partial charge is 0.265 e. The van der Waals surface area contributed by atoms with Gasteiger partial charge in [0.2, 0.25) is 0 Å². The summed E-state index contributed by atoms with van der Waals surface area (Å²) in [5, 5.41) is 12.3. The van der Waals surface area contributed by atoms with Crippen LogP contribution in [0.2, 0.25) is 0 Å². The molecule has 0 saturated carbocycles. The minimum atomic E-state index is -3.77. The molecule has 19 heavy (non-hydrogen) atoms. The standard InChI is InChI=1S/C11H10N2O4S2/c14-13(15)9-11-12(7-4-8-18-11)19(16,17)10-5-2-1-3-6-10/h1-6,8-9H,7H2. The van der Waals surface area contributed by atoms with E-state index in [1.807, 2.05) is 0 Å². The zero-order chi connectivity index (χ0) is 13.9. The molecule has 1 aromatic rings. The Balaban J connectivity index is 2.44. The Labute approximate surface area is 114 Å². The fourth-order valence-corrected chi connectivity index (χ4v) is 3.93. The quantitative estimate of drug-likeness (QED) is 0.630. The van der Waals surface area contributed by atoms with Gasteiger partial charge in [-0.2, -0.15) is 0 Å². The molecule has 8 heteroatoms. The highest BCUT2D eigenvalue weighted by molar-refractivity contribution is 8.06. The van der Waals surface area contributed by atoms with Crippen LogP contribution in [0, 0.1) is 10.1 Å². The molecule has 1 aliphatic heterocycles. The van der Waals surface area contributed by atoms with Crippen LogP contribution in [0.3, 0.4) is 0 Å². The third kappa shape index (κ3) is 2.96. The maximum Gasteiger partial charge on any atom is 0.265 e. The predicted molar refractivity (Wildman–Crippen MR) is 72.1 cm³/mol. The first-order chi connectivity index (χ1) is 9.01. The van der Waals surface area contributed by atoms with E-state index in [2.05, 4.69) is 0 Å². The molecule has 0 radical (unpaired) electrons. The summed E-state index contributed by atoms with van der Waals surface area (Å²) < 4.78 is 25.8. The van der Waals surface area contributed by atoms with E-state index in [0.29, 0.717) is 6.20 Å². The highest BCUT2D eigenvalue weighted by Crippen LogP contribution is 2.31. The lowest BCUT2D eigenvalue weighted by molar-refractivity contribution is -0.403. The van der Waals surface area contributed by atoms with Crippen LogP contribution in [-0.2, 0) is 10.0 Å². The second-order valence-electron chi connectivity index (χ2n) is 3.59. The Morgan fingerprint density at radius 3 is 2.63 bits per heavy atom. The van der Waals surface area contributed by atoms with Crippen molar-refractivity contribution < 1.29 is 13.3 Å². The van der Waals surface area contributed by atoms with Crippen molar-refractivity contribution in [3.8, 4) is 0 Å². The van der Waals surface area contributed by atoms with Crippen molar-refractivity contribution >= 4 is 21.8 Å². The van der Waals surface area contributed by atoms with Gasteiger partial charge in [0, 0.05) is 0 Å². The van der Waals surface area contributed by atoms with Gasteiger partial charge in [0.15, 0.2) is 5.03 Å². The molecule has 6 nitrogen and oxygen atoms in total. The molecule has 2 rings (SSSR count). The van der Waals surface area contributed by atoms with Crippen LogP contribution in [0.25, 0.3) is 0 Å². The first kappa shape index (κ1) is 13.6. The lowest BCUT2D eigenvalue weighted by Gasteiger charge is -2.25. The Morgan fingerprint density at radius 2 is 2.00 bits per heavy atom. The maximum absolute atomic E-state index is 12.4. The van der Waals surface area contributed by atoms with Gasteiger partial charge in [-0.3, -0.25) is 14.4 Å². The fraction of sp³-hybridized carbons (Fsp3) is 0.0909. The molecule has 1 aromatic carbocycles. The summed E-state index contributed by atoms with van der Waals surface area (Å²) in [6.45, 7) is 0.0872. The average Bonchev–Trinajstić information content (AvgIpc) is 2.39. The van der Waals surface area contributed by atoms with Crippen molar-refractivity contribution in [3.63, 3.8) is 0 Å². The second-order valence-corrected chi connectivity index (χ2v) is 6.38. The zero-order valence-electron chi connectivity index (χ0n) is 9.67. The molecule has 1 heterocycles. The topological polar surface area (TPSA) is 80.5 Å². The van der Waals surface area contributed by atoms with Gasteiger partial charge in [0.1, 0.15) is 0 Å². The number of hydrogen-bond donors (Lipinski definition) is 0. The van der Waals surface area contributed by atoms with Crippen LogP contribution < -0.4 is 0 Å². The molecule has 0 N–H and O–H groups in total. The van der Waals surface area contributed by atoms with Gasteiger partial charge in [-0.05, 0) is 17.5 Å². The van der Waals surface area contributed by atoms with Crippen molar-refractivity contribution in [1.82, 2.24) is 4.31 Å². The summed E-state index contributed by atoms with van der Waals surface area (Å²) in [5.41, 5.74) is 0. The van der Waals surface area contributed by atoms with Crippen LogP contribution in [0.4, 0.5) is 0 Å². The molecule has 1 aliphatic rings. The Bertz CT molecular complexity index is 638. The number of benzene rings is 1. The number of sulfonamides is 1. The SMILES string of the molecule is O=[N+]([O-])C=C1SC=CCN1S(=O)(=O)c1ccccc1. The minimum absolute atomic E-state index is 0.0800. The minimum Gasteiger partial charge on any atom is -0.259 e. The fourth-order valence-electron chi connectivity index (χ4n) is 1.53. The normalized spacial score (nSPS) is 17.7. The highest BCUT2D eigenvalue weighted by atomic mass is 32.2. The maximum atomic E-state index is 12.4. The van der Waals surface area contributed by atoms with Gasteiger partial charge in [-0.25, -0.2) is 8.42 Å². The van der Waals surface area contributed by atoms with Crippen LogP contribution in [-0.4, -0.2) is 24.2 Å². The summed E-state index contributed by atoms with van der Waals surface area (Å²) in [6.07, 6.45) is 2.34. The van der Waals surface area contributed by atoms with Gasteiger partial charge in [-0.1, -0.05) is 36.0 Å². The molecule has 0 aliphatic carbocycles. The van der Waals surface area contributed by atoms with Crippen LogP contribution in [0.15, 0.2) is 57.9 Å². The average molecular weight is 298 g/mol. The molecular formula is C11H10N2O4S2. The summed E-state index contributed by atoms with van der Waals surface area (Å²) in [6, 6.07) is 7.84. The first-order valence-electron chi connectivity index (χ1n) is 5.26. The molecule has 0 saturated heterocycles. The molecular weight excluding hydrogens is 288 g/mol. The lowest BCUT2D eigenvalue weighted by atomic mass is 10.4. The van der Waals surface area contributed by atoms with E-state index in [1.165, 1.54) is 12.1 Å². The van der Waals surface area contributed by atoms with E-state index in [-0.39, 0.29) is 16.5 Å². The molecule has 0 bridgehead atoms. The van der Waals surface area contributed by atoms with Crippen LogP contribution >= 0.6 is 11.8 Å². The van der Waals surface area contributed by atoms with E-state index in [1.54, 1.807) is 29.7 Å². The monoisotopic (exact) mass is 298 g/mol. The van der Waals surface area contributed by atoms with Gasteiger partial charge in [0.05, 0.1) is 16.4 Å². The molecule has 0 spiro atoms. The Morgan fingerprint density at radius 1 is 1.32 bits per heavy atom. The van der Waals surface area contributed by atoms with Gasteiger partial charge in [-0.15, -0.1) is 0 Å². The molecule has 0 atom stereocenters. The first-order valence-corrected chi connectivity index (χ1v) is 7.58. The van der Waals surface area contributed by atoms with Gasteiger partial charge in [0.25, 0.3) is 16.2 Å². The van der Waals surface area contributed by atoms with Crippen molar-refractivity contribution in [3.05, 3.63) is 63.2 Å². The molecule has 0 aromatic heterocycles. The number of thioether (sulfide) groups is 1. The third-order valence-electron chi connectivity index (χ3n) is 2.35. The second kappa shape index (κ2) is 5.45. The smallest absolute Gasteiger partial charge is 0.259 e. The predicted octanol–water partition coefficient (Wildman–Crippen LogP) is 2.01. The molecule has 0 unspecified atom stereocenters. The Kier molecular flexibility index (Phi) is 3.91. The summed E-state index contributed by atoms with van der Waals surface area (Å²) in [7, 11) is -3.77. The van der Waals surface area contributed by atoms with E-state index in [4.69, 9.17) is 0 Å². The Hall–Kier alpha value is -1.80. The lowest BCUT2D eigenvalue weighted by Crippen LogP contribution is -2.31. The highest BCUT2D eigenvalue weighted by Gasteiger charge is 2.29. The van der Waals surface area contributed by atoms with Crippen molar-refractivity contribution in [2.75, 3.05) is 6.54 Å². The third-order valence-corrected chi connectivity index (χ3v) is 5.15. The summed E-state index contributed by atoms with van der Waals surface area (Å²) in [4.78, 5) is 10.0. The molecule has 0 amide bonds. The van der Waals surface area contributed by atoms with Crippen molar-refractivity contribution in [2.24, 2.45) is 0 Å². The van der Waals surface area contributed by atoms with E-state index >= 15 is 0 Å². The summed E-state index contributed by atoms with van der Waals surface area (Å²) in [5.74, 6) is 0. The van der Waals surface area contributed by atoms with Gasteiger partial charge >= 0.3 is 0 Å². The molecule has 0 fully saturated rings. The van der Waals surface area contributed by atoms with E-state index in [9.17, 15) is 18.5 Å².